The SMILES string of the molecule is CC1(C)C(=O)Nc2ccc(C(N)CC3CCCC3)cc21. The highest BCUT2D eigenvalue weighted by molar-refractivity contribution is 6.05. The predicted molar refractivity (Wildman–Crippen MR) is 81.6 cm³/mol. The number of amides is 1. The third kappa shape index (κ3) is 2.24. The summed E-state index contributed by atoms with van der Waals surface area (Å²) in [5.74, 6) is 0.861. The van der Waals surface area contributed by atoms with Crippen molar-refractivity contribution in [3.8, 4) is 0 Å². The minimum atomic E-state index is -0.446. The fourth-order valence-corrected chi connectivity index (χ4v) is 3.56. The molecule has 0 bridgehead atoms. The van der Waals surface area contributed by atoms with Crippen molar-refractivity contribution in [3.63, 3.8) is 0 Å². The summed E-state index contributed by atoms with van der Waals surface area (Å²) in [5.41, 5.74) is 9.13. The highest BCUT2D eigenvalue weighted by Crippen LogP contribution is 2.39. The molecule has 3 heteroatoms. The van der Waals surface area contributed by atoms with Gasteiger partial charge in [0.05, 0.1) is 5.41 Å². The minimum absolute atomic E-state index is 0.0778. The van der Waals surface area contributed by atoms with Gasteiger partial charge in [0.2, 0.25) is 5.91 Å². The van der Waals surface area contributed by atoms with E-state index in [9.17, 15) is 4.79 Å². The van der Waals surface area contributed by atoms with Gasteiger partial charge in [-0.2, -0.15) is 0 Å². The van der Waals surface area contributed by atoms with E-state index >= 15 is 0 Å². The molecule has 1 aliphatic carbocycles. The maximum Gasteiger partial charge on any atom is 0.234 e. The topological polar surface area (TPSA) is 55.1 Å². The van der Waals surface area contributed by atoms with Crippen LogP contribution in [-0.2, 0) is 10.2 Å². The van der Waals surface area contributed by atoms with E-state index in [4.69, 9.17) is 5.73 Å². The second-order valence-corrected chi connectivity index (χ2v) is 6.88. The highest BCUT2D eigenvalue weighted by Gasteiger charge is 2.38. The van der Waals surface area contributed by atoms with Crippen molar-refractivity contribution >= 4 is 11.6 Å². The Morgan fingerprint density at radius 2 is 2.05 bits per heavy atom. The average molecular weight is 272 g/mol. The standard InChI is InChI=1S/C17H24N2O/c1-17(2)13-10-12(7-8-15(13)19-16(17)20)14(18)9-11-5-3-4-6-11/h7-8,10-11,14H,3-6,9,18H2,1-2H3,(H,19,20). The van der Waals surface area contributed by atoms with E-state index in [0.717, 1.165) is 23.6 Å². The minimum Gasteiger partial charge on any atom is -0.325 e. The lowest BCUT2D eigenvalue weighted by Gasteiger charge is -2.20. The molecule has 3 N–H and O–H groups in total. The van der Waals surface area contributed by atoms with Crippen LogP contribution in [0, 0.1) is 5.92 Å². The van der Waals surface area contributed by atoms with Crippen LogP contribution in [0.4, 0.5) is 5.69 Å². The molecule has 1 aliphatic heterocycles. The van der Waals surface area contributed by atoms with Crippen LogP contribution in [-0.4, -0.2) is 5.91 Å². The Balaban J connectivity index is 1.82. The Morgan fingerprint density at radius 1 is 1.35 bits per heavy atom. The molecular formula is C17H24N2O. The Hall–Kier alpha value is -1.35. The highest BCUT2D eigenvalue weighted by atomic mass is 16.2. The van der Waals surface area contributed by atoms with Crippen molar-refractivity contribution in [2.24, 2.45) is 11.7 Å². The third-order valence-corrected chi connectivity index (χ3v) is 5.02. The van der Waals surface area contributed by atoms with E-state index in [1.54, 1.807) is 0 Å². The number of rotatable bonds is 3. The summed E-state index contributed by atoms with van der Waals surface area (Å²) in [5, 5.41) is 2.95. The van der Waals surface area contributed by atoms with Gasteiger partial charge < -0.3 is 11.1 Å². The van der Waals surface area contributed by atoms with Gasteiger partial charge >= 0.3 is 0 Å². The number of hydrogen-bond acceptors (Lipinski definition) is 2. The lowest BCUT2D eigenvalue weighted by molar-refractivity contribution is -0.119. The van der Waals surface area contributed by atoms with E-state index in [1.807, 2.05) is 19.9 Å². The number of nitrogens with one attached hydrogen (secondary N) is 1. The first-order valence-electron chi connectivity index (χ1n) is 7.70. The molecule has 0 saturated heterocycles. The molecule has 3 nitrogen and oxygen atoms in total. The van der Waals surface area contributed by atoms with Crippen molar-refractivity contribution in [3.05, 3.63) is 29.3 Å². The maximum atomic E-state index is 12.0. The molecule has 2 aliphatic rings. The molecule has 1 fully saturated rings. The van der Waals surface area contributed by atoms with Crippen LogP contribution in [0.3, 0.4) is 0 Å². The van der Waals surface area contributed by atoms with Gasteiger partial charge in [0, 0.05) is 11.7 Å². The number of benzene rings is 1. The van der Waals surface area contributed by atoms with Gasteiger partial charge in [0.25, 0.3) is 0 Å². The van der Waals surface area contributed by atoms with Crippen LogP contribution in [0.1, 0.15) is 63.1 Å². The molecule has 1 amide bonds. The van der Waals surface area contributed by atoms with Gasteiger partial charge in [0.1, 0.15) is 0 Å². The van der Waals surface area contributed by atoms with E-state index in [2.05, 4.69) is 17.4 Å². The van der Waals surface area contributed by atoms with Crippen LogP contribution in [0.5, 0.6) is 0 Å². The predicted octanol–water partition coefficient (Wildman–Crippen LogP) is 3.50. The molecule has 0 aromatic heterocycles. The number of fused-ring (bicyclic) bond motifs is 1. The summed E-state index contributed by atoms with van der Waals surface area (Å²) in [7, 11) is 0. The molecule has 1 unspecified atom stereocenters. The first kappa shape index (κ1) is 13.6. The summed E-state index contributed by atoms with van der Waals surface area (Å²) in [4.78, 5) is 12.0. The van der Waals surface area contributed by atoms with Crippen LogP contribution in [0.15, 0.2) is 18.2 Å². The molecule has 0 radical (unpaired) electrons. The van der Waals surface area contributed by atoms with E-state index in [0.29, 0.717) is 0 Å². The largest absolute Gasteiger partial charge is 0.325 e. The van der Waals surface area contributed by atoms with E-state index < -0.39 is 5.41 Å². The second kappa shape index (κ2) is 4.88. The van der Waals surface area contributed by atoms with Crippen molar-refractivity contribution in [2.45, 2.75) is 57.4 Å². The van der Waals surface area contributed by atoms with Gasteiger partial charge in [-0.1, -0.05) is 37.8 Å². The van der Waals surface area contributed by atoms with E-state index in [1.165, 1.54) is 31.2 Å². The molecule has 0 spiro atoms. The summed E-state index contributed by atoms with van der Waals surface area (Å²) < 4.78 is 0. The van der Waals surface area contributed by atoms with E-state index in [-0.39, 0.29) is 11.9 Å². The molecule has 1 heterocycles. The smallest absolute Gasteiger partial charge is 0.234 e. The molecule has 1 saturated carbocycles. The van der Waals surface area contributed by atoms with Gasteiger partial charge in [-0.15, -0.1) is 0 Å². The maximum absolute atomic E-state index is 12.0. The Bertz CT molecular complexity index is 530. The molecule has 20 heavy (non-hydrogen) atoms. The first-order valence-corrected chi connectivity index (χ1v) is 7.70. The first-order chi connectivity index (χ1) is 9.48. The van der Waals surface area contributed by atoms with Gasteiger partial charge in [-0.05, 0) is 43.4 Å². The summed E-state index contributed by atoms with van der Waals surface area (Å²) in [6.45, 7) is 3.95. The zero-order chi connectivity index (χ0) is 14.3. The molecule has 1 atom stereocenters. The van der Waals surface area contributed by atoms with Crippen molar-refractivity contribution in [1.82, 2.24) is 0 Å². The van der Waals surface area contributed by atoms with Crippen LogP contribution < -0.4 is 11.1 Å². The lowest BCUT2D eigenvalue weighted by atomic mass is 9.84. The zero-order valence-electron chi connectivity index (χ0n) is 12.4. The fourth-order valence-electron chi connectivity index (χ4n) is 3.56. The molecule has 1 aromatic carbocycles. The van der Waals surface area contributed by atoms with Gasteiger partial charge in [-0.3, -0.25) is 4.79 Å². The summed E-state index contributed by atoms with van der Waals surface area (Å²) in [6.07, 6.45) is 6.43. The number of anilines is 1. The van der Waals surface area contributed by atoms with Crippen molar-refractivity contribution < 1.29 is 4.79 Å². The third-order valence-electron chi connectivity index (χ3n) is 5.02. The average Bonchev–Trinajstić information content (AvgIpc) is 2.98. The molecule has 108 valence electrons. The molecule has 3 rings (SSSR count). The monoisotopic (exact) mass is 272 g/mol. The zero-order valence-corrected chi connectivity index (χ0v) is 12.4. The van der Waals surface area contributed by atoms with Crippen LogP contribution in [0.25, 0.3) is 0 Å². The quantitative estimate of drug-likeness (QED) is 0.885. The Morgan fingerprint density at radius 3 is 2.75 bits per heavy atom. The normalized spacial score (nSPS) is 22.6. The van der Waals surface area contributed by atoms with Gasteiger partial charge in [-0.25, -0.2) is 0 Å². The van der Waals surface area contributed by atoms with Crippen molar-refractivity contribution in [1.29, 1.82) is 0 Å². The van der Waals surface area contributed by atoms with Gasteiger partial charge in [0.15, 0.2) is 0 Å². The Kier molecular flexibility index (Phi) is 3.33. The van der Waals surface area contributed by atoms with Crippen LogP contribution >= 0.6 is 0 Å². The molecular weight excluding hydrogens is 248 g/mol. The summed E-state index contributed by atoms with van der Waals surface area (Å²) in [6, 6.07) is 6.30. The molecule has 1 aromatic rings. The number of carbonyl (C=O) groups excluding carboxylic acids is 1. The number of hydrogen-bond donors (Lipinski definition) is 2. The second-order valence-electron chi connectivity index (χ2n) is 6.88. The lowest BCUT2D eigenvalue weighted by Crippen LogP contribution is -2.27. The fraction of sp³-hybridized carbons (Fsp3) is 0.588. The summed E-state index contributed by atoms with van der Waals surface area (Å²) >= 11 is 0. The number of carbonyl (C=O) groups is 1. The van der Waals surface area contributed by atoms with Crippen molar-refractivity contribution in [2.75, 3.05) is 5.32 Å². The Labute approximate surface area is 120 Å². The number of nitrogens with two attached hydrogens (primary N) is 1. The van der Waals surface area contributed by atoms with Crippen LogP contribution in [0.2, 0.25) is 0 Å².